The lowest BCUT2D eigenvalue weighted by molar-refractivity contribution is -0.136. The van der Waals surface area contributed by atoms with Crippen LogP contribution in [0.15, 0.2) is 42.5 Å². The van der Waals surface area contributed by atoms with Gasteiger partial charge in [-0.1, -0.05) is 29.8 Å². The van der Waals surface area contributed by atoms with E-state index in [0.29, 0.717) is 27.5 Å². The number of ether oxygens (including phenoxy) is 1. The summed E-state index contributed by atoms with van der Waals surface area (Å²) in [6, 6.07) is 11.6. The van der Waals surface area contributed by atoms with Gasteiger partial charge in [-0.05, 0) is 36.8 Å². The fourth-order valence-electron chi connectivity index (χ4n) is 2.52. The Balaban J connectivity index is 1.87. The standard InChI is InChI=1S/C19H15ClFNO3/c1-11-6-13-3-2-12(8-18(23)24)7-17(13)22-19(11)25-10-14-4-5-15(20)9-16(14)21/h2-7,9H,8,10H2,1H3,(H,23,24). The summed E-state index contributed by atoms with van der Waals surface area (Å²) < 4.78 is 19.5. The maximum Gasteiger partial charge on any atom is 0.307 e. The van der Waals surface area contributed by atoms with Crippen LogP contribution >= 0.6 is 11.6 Å². The highest BCUT2D eigenvalue weighted by atomic mass is 35.5. The molecular formula is C19H15ClFNO3. The number of hydrogen-bond donors (Lipinski definition) is 1. The minimum absolute atomic E-state index is 0.0250. The lowest BCUT2D eigenvalue weighted by Crippen LogP contribution is -2.02. The average Bonchev–Trinajstić information content (AvgIpc) is 2.54. The third kappa shape index (κ3) is 4.06. The number of carbonyl (C=O) groups is 1. The van der Waals surface area contributed by atoms with Gasteiger partial charge in [0.1, 0.15) is 12.4 Å². The molecule has 0 amide bonds. The van der Waals surface area contributed by atoms with Gasteiger partial charge in [0.15, 0.2) is 0 Å². The van der Waals surface area contributed by atoms with Gasteiger partial charge in [0.2, 0.25) is 5.88 Å². The Hall–Kier alpha value is -2.66. The Labute approximate surface area is 148 Å². The predicted octanol–water partition coefficient (Wildman–Crippen LogP) is 4.54. The molecule has 0 spiro atoms. The molecule has 0 fully saturated rings. The van der Waals surface area contributed by atoms with Crippen LogP contribution in [0.25, 0.3) is 10.9 Å². The van der Waals surface area contributed by atoms with Gasteiger partial charge in [-0.2, -0.15) is 0 Å². The van der Waals surface area contributed by atoms with Crippen LogP contribution in [0.1, 0.15) is 16.7 Å². The molecule has 1 aromatic heterocycles. The van der Waals surface area contributed by atoms with E-state index in [2.05, 4.69) is 4.98 Å². The highest BCUT2D eigenvalue weighted by molar-refractivity contribution is 6.30. The predicted molar refractivity (Wildman–Crippen MR) is 93.6 cm³/mol. The summed E-state index contributed by atoms with van der Waals surface area (Å²) in [5.74, 6) is -0.954. The molecule has 1 heterocycles. The van der Waals surface area contributed by atoms with Crippen LogP contribution in [0.3, 0.4) is 0 Å². The minimum Gasteiger partial charge on any atom is -0.481 e. The zero-order valence-electron chi connectivity index (χ0n) is 13.4. The highest BCUT2D eigenvalue weighted by Crippen LogP contribution is 2.24. The van der Waals surface area contributed by atoms with E-state index < -0.39 is 11.8 Å². The molecule has 0 aliphatic carbocycles. The molecule has 4 nitrogen and oxygen atoms in total. The summed E-state index contributed by atoms with van der Waals surface area (Å²) in [5, 5.41) is 10.1. The Morgan fingerprint density at radius 2 is 2.04 bits per heavy atom. The SMILES string of the molecule is Cc1cc2ccc(CC(=O)O)cc2nc1OCc1ccc(Cl)cc1F. The second-order valence-corrected chi connectivity index (χ2v) is 6.17. The fourth-order valence-corrected chi connectivity index (χ4v) is 2.68. The molecule has 0 saturated carbocycles. The number of halogens is 2. The lowest BCUT2D eigenvalue weighted by atomic mass is 10.1. The third-order valence-electron chi connectivity index (χ3n) is 3.76. The summed E-state index contributed by atoms with van der Waals surface area (Å²) in [4.78, 5) is 15.3. The average molecular weight is 360 g/mol. The first-order valence-electron chi connectivity index (χ1n) is 7.61. The molecule has 3 rings (SSSR count). The first-order chi connectivity index (χ1) is 11.9. The molecule has 0 aliphatic rings. The summed E-state index contributed by atoms with van der Waals surface area (Å²) in [7, 11) is 0. The van der Waals surface area contributed by atoms with Crippen LogP contribution < -0.4 is 4.74 Å². The molecule has 0 atom stereocenters. The number of carboxylic acid groups (broad SMARTS) is 1. The van der Waals surface area contributed by atoms with Gasteiger partial charge in [0.25, 0.3) is 0 Å². The summed E-state index contributed by atoms with van der Waals surface area (Å²) in [5.41, 5.74) is 2.49. The quantitative estimate of drug-likeness (QED) is 0.726. The molecule has 6 heteroatoms. The third-order valence-corrected chi connectivity index (χ3v) is 4.00. The number of hydrogen-bond acceptors (Lipinski definition) is 3. The molecule has 0 saturated heterocycles. The lowest BCUT2D eigenvalue weighted by Gasteiger charge is -2.11. The van der Waals surface area contributed by atoms with Crippen molar-refractivity contribution in [2.24, 2.45) is 0 Å². The van der Waals surface area contributed by atoms with Gasteiger partial charge in [-0.15, -0.1) is 0 Å². The Morgan fingerprint density at radius 3 is 2.76 bits per heavy atom. The van der Waals surface area contributed by atoms with Gasteiger partial charge in [0.05, 0.1) is 11.9 Å². The molecule has 2 aromatic carbocycles. The van der Waals surface area contributed by atoms with E-state index in [4.69, 9.17) is 21.4 Å². The van der Waals surface area contributed by atoms with Crippen molar-refractivity contribution in [1.82, 2.24) is 4.98 Å². The van der Waals surface area contributed by atoms with Crippen LogP contribution in [-0.2, 0) is 17.8 Å². The molecule has 0 unspecified atom stereocenters. The molecule has 1 N–H and O–H groups in total. The van der Waals surface area contributed by atoms with Crippen molar-refractivity contribution in [2.45, 2.75) is 20.0 Å². The van der Waals surface area contributed by atoms with Crippen LogP contribution in [0.2, 0.25) is 5.02 Å². The summed E-state index contributed by atoms with van der Waals surface area (Å²) in [6.07, 6.45) is -0.0718. The van der Waals surface area contributed by atoms with Gasteiger partial charge >= 0.3 is 5.97 Å². The first-order valence-corrected chi connectivity index (χ1v) is 7.99. The van der Waals surface area contributed by atoms with Crippen molar-refractivity contribution >= 4 is 28.5 Å². The molecule has 128 valence electrons. The zero-order valence-corrected chi connectivity index (χ0v) is 14.2. The van der Waals surface area contributed by atoms with Crippen molar-refractivity contribution < 1.29 is 19.0 Å². The molecular weight excluding hydrogens is 345 g/mol. The topological polar surface area (TPSA) is 59.4 Å². The second kappa shape index (κ2) is 7.07. The molecule has 0 bridgehead atoms. The number of carboxylic acids is 1. The summed E-state index contributed by atoms with van der Waals surface area (Å²) >= 11 is 5.74. The number of aliphatic carboxylic acids is 1. The first kappa shape index (κ1) is 17.2. The van der Waals surface area contributed by atoms with E-state index in [1.54, 1.807) is 24.3 Å². The maximum absolute atomic E-state index is 13.8. The number of aryl methyl sites for hydroxylation is 1. The van der Waals surface area contributed by atoms with Crippen LogP contribution in [0.4, 0.5) is 4.39 Å². The van der Waals surface area contributed by atoms with Crippen molar-refractivity contribution in [3.63, 3.8) is 0 Å². The van der Waals surface area contributed by atoms with E-state index in [9.17, 15) is 9.18 Å². The molecule has 25 heavy (non-hydrogen) atoms. The van der Waals surface area contributed by atoms with Gasteiger partial charge in [-0.25, -0.2) is 9.37 Å². The Kier molecular flexibility index (Phi) is 4.86. The monoisotopic (exact) mass is 359 g/mol. The largest absolute Gasteiger partial charge is 0.481 e. The van der Waals surface area contributed by atoms with Crippen molar-refractivity contribution in [3.8, 4) is 5.88 Å². The van der Waals surface area contributed by atoms with E-state index in [1.807, 2.05) is 19.1 Å². The van der Waals surface area contributed by atoms with Gasteiger partial charge < -0.3 is 9.84 Å². The van der Waals surface area contributed by atoms with Crippen LogP contribution in [-0.4, -0.2) is 16.1 Å². The number of aromatic nitrogens is 1. The normalized spacial score (nSPS) is 10.8. The highest BCUT2D eigenvalue weighted by Gasteiger charge is 2.09. The van der Waals surface area contributed by atoms with Crippen LogP contribution in [0.5, 0.6) is 5.88 Å². The number of benzene rings is 2. The number of nitrogens with zero attached hydrogens (tertiary/aromatic N) is 1. The Morgan fingerprint density at radius 1 is 1.24 bits per heavy atom. The van der Waals surface area contributed by atoms with Crippen molar-refractivity contribution in [1.29, 1.82) is 0 Å². The van der Waals surface area contributed by atoms with Gasteiger partial charge in [0, 0.05) is 21.5 Å². The maximum atomic E-state index is 13.8. The number of rotatable bonds is 5. The molecule has 3 aromatic rings. The van der Waals surface area contributed by atoms with E-state index in [0.717, 1.165) is 10.9 Å². The van der Waals surface area contributed by atoms with E-state index in [1.165, 1.54) is 6.07 Å². The number of fused-ring (bicyclic) bond motifs is 1. The van der Waals surface area contributed by atoms with Gasteiger partial charge in [-0.3, -0.25) is 4.79 Å². The van der Waals surface area contributed by atoms with Crippen molar-refractivity contribution in [3.05, 3.63) is 70.0 Å². The van der Waals surface area contributed by atoms with E-state index in [-0.39, 0.29) is 13.0 Å². The summed E-state index contributed by atoms with van der Waals surface area (Å²) in [6.45, 7) is 1.88. The van der Waals surface area contributed by atoms with E-state index >= 15 is 0 Å². The fraction of sp³-hybridized carbons (Fsp3) is 0.158. The van der Waals surface area contributed by atoms with Crippen molar-refractivity contribution in [2.75, 3.05) is 0 Å². The van der Waals surface area contributed by atoms with Crippen LogP contribution in [0, 0.1) is 12.7 Å². The second-order valence-electron chi connectivity index (χ2n) is 5.73. The molecule has 0 aliphatic heterocycles. The Bertz CT molecular complexity index is 959. The smallest absolute Gasteiger partial charge is 0.307 e. The minimum atomic E-state index is -0.902. The zero-order chi connectivity index (χ0) is 18.0. The molecule has 0 radical (unpaired) electrons. The number of pyridine rings is 1.